The maximum absolute atomic E-state index is 11.1. The van der Waals surface area contributed by atoms with E-state index in [2.05, 4.69) is 0 Å². The number of ether oxygens (including phenoxy) is 6. The zero-order valence-electron chi connectivity index (χ0n) is 25.2. The maximum Gasteiger partial charge on any atom is 0.204 e. The molecular weight excluding hydrogens is 560 g/mol. The molecule has 11 heteroatoms. The molecule has 11 nitrogen and oxygen atoms in total. The van der Waals surface area contributed by atoms with Crippen LogP contribution in [0.4, 0.5) is 0 Å². The van der Waals surface area contributed by atoms with Crippen molar-refractivity contribution in [2.24, 2.45) is 5.92 Å². The first kappa shape index (κ1) is 32.4. The second-order valence-electron chi connectivity index (χ2n) is 10.8. The van der Waals surface area contributed by atoms with E-state index in [9.17, 15) is 25.5 Å². The number of phenolic OH excluding ortho intramolecular Hbond substituents is 1. The number of aromatic hydroxyl groups is 1. The van der Waals surface area contributed by atoms with Gasteiger partial charge in [-0.05, 0) is 49.6 Å². The van der Waals surface area contributed by atoms with Crippen LogP contribution in [0.5, 0.6) is 28.7 Å². The van der Waals surface area contributed by atoms with Gasteiger partial charge in [0.05, 0.1) is 40.5 Å². The van der Waals surface area contributed by atoms with E-state index in [0.717, 1.165) is 11.1 Å². The lowest BCUT2D eigenvalue weighted by molar-refractivity contribution is -0.0305. The van der Waals surface area contributed by atoms with Crippen LogP contribution in [0.25, 0.3) is 0 Å². The Kier molecular flexibility index (Phi) is 10.5. The quantitative estimate of drug-likeness (QED) is 0.216. The van der Waals surface area contributed by atoms with Crippen molar-refractivity contribution in [3.63, 3.8) is 0 Å². The smallest absolute Gasteiger partial charge is 0.204 e. The molecule has 2 aliphatic rings. The third-order valence-corrected chi connectivity index (χ3v) is 8.14. The number of aliphatic hydroxyl groups is 4. The highest BCUT2D eigenvalue weighted by atomic mass is 16.6. The fourth-order valence-corrected chi connectivity index (χ4v) is 5.75. The maximum atomic E-state index is 11.1. The summed E-state index contributed by atoms with van der Waals surface area (Å²) < 4.78 is 35.0. The van der Waals surface area contributed by atoms with Crippen molar-refractivity contribution in [3.05, 3.63) is 64.4 Å². The fraction of sp³-hybridized carbons (Fsp3) is 0.500. The molecule has 0 aromatic heterocycles. The van der Waals surface area contributed by atoms with Gasteiger partial charge < -0.3 is 54.0 Å². The molecule has 0 radical (unpaired) electrons. The first-order chi connectivity index (χ1) is 20.7. The molecule has 1 aliphatic heterocycles. The highest BCUT2D eigenvalue weighted by molar-refractivity contribution is 5.56. The molecule has 0 fully saturated rings. The Morgan fingerprint density at radius 1 is 0.977 bits per heavy atom. The standard InChI is InChI=1S/C32H42O11/c1-32(41-5)15-18(7-6-10-33)11-21-22(16-34)29(43-31(21)32)20-13-25(39-3)30(26(14-20)40-4)42-27(17-35)28(37)19-8-9-23(36)24(12-19)38-2/h8-9,11-14,22,27-29,33-37H,6-7,10,15-17H2,1-5H3/t22-,27?,28?,29+,32?/m1/s1. The summed E-state index contributed by atoms with van der Waals surface area (Å²) in [5, 5.41) is 51.0. The molecule has 43 heavy (non-hydrogen) atoms. The van der Waals surface area contributed by atoms with Crippen LogP contribution in [-0.2, 0) is 9.47 Å². The van der Waals surface area contributed by atoms with Crippen molar-refractivity contribution in [2.45, 2.75) is 50.1 Å². The average Bonchev–Trinajstić information content (AvgIpc) is 3.41. The minimum absolute atomic E-state index is 0.0841. The Balaban J connectivity index is 1.67. The van der Waals surface area contributed by atoms with Gasteiger partial charge in [0.15, 0.2) is 29.1 Å². The highest BCUT2D eigenvalue weighted by Gasteiger charge is 2.47. The van der Waals surface area contributed by atoms with E-state index in [1.165, 1.54) is 39.5 Å². The lowest BCUT2D eigenvalue weighted by atomic mass is 9.80. The van der Waals surface area contributed by atoms with E-state index < -0.39 is 36.4 Å². The summed E-state index contributed by atoms with van der Waals surface area (Å²) in [4.78, 5) is 0. The van der Waals surface area contributed by atoms with Crippen LogP contribution in [0, 0.1) is 5.92 Å². The number of rotatable bonds is 14. The molecule has 0 spiro atoms. The van der Waals surface area contributed by atoms with Crippen molar-refractivity contribution in [3.8, 4) is 28.7 Å². The molecule has 5 N–H and O–H groups in total. The van der Waals surface area contributed by atoms with Crippen LogP contribution < -0.4 is 18.9 Å². The average molecular weight is 603 g/mol. The normalized spacial score (nSPS) is 22.8. The number of phenols is 1. The Morgan fingerprint density at radius 3 is 2.21 bits per heavy atom. The van der Waals surface area contributed by atoms with Gasteiger partial charge in [-0.2, -0.15) is 0 Å². The van der Waals surface area contributed by atoms with Gasteiger partial charge in [0.2, 0.25) is 5.75 Å². The highest BCUT2D eigenvalue weighted by Crippen LogP contribution is 2.53. The monoisotopic (exact) mass is 602 g/mol. The topological polar surface area (TPSA) is 157 Å². The summed E-state index contributed by atoms with van der Waals surface area (Å²) in [6, 6.07) is 7.78. The van der Waals surface area contributed by atoms with Gasteiger partial charge in [-0.3, -0.25) is 0 Å². The Bertz CT molecular complexity index is 1310. The molecule has 1 aliphatic carbocycles. The van der Waals surface area contributed by atoms with Gasteiger partial charge in [0, 0.05) is 31.3 Å². The predicted molar refractivity (Wildman–Crippen MR) is 157 cm³/mol. The van der Waals surface area contributed by atoms with Gasteiger partial charge in [-0.25, -0.2) is 0 Å². The van der Waals surface area contributed by atoms with E-state index in [1.807, 2.05) is 13.0 Å². The number of methoxy groups -OCH3 is 4. The van der Waals surface area contributed by atoms with E-state index in [0.29, 0.717) is 36.1 Å². The van der Waals surface area contributed by atoms with Gasteiger partial charge >= 0.3 is 0 Å². The molecule has 1 heterocycles. The first-order valence-electron chi connectivity index (χ1n) is 14.1. The number of aliphatic hydroxyl groups excluding tert-OH is 4. The molecule has 5 atom stereocenters. The lowest BCUT2D eigenvalue weighted by Crippen LogP contribution is -2.33. The van der Waals surface area contributed by atoms with Crippen LogP contribution in [0.3, 0.4) is 0 Å². The molecule has 0 amide bonds. The van der Waals surface area contributed by atoms with Crippen LogP contribution in [-0.4, -0.2) is 85.5 Å². The molecule has 0 saturated heterocycles. The molecule has 0 bridgehead atoms. The van der Waals surface area contributed by atoms with Crippen LogP contribution in [0.15, 0.2) is 53.3 Å². The van der Waals surface area contributed by atoms with Crippen LogP contribution in [0.1, 0.15) is 49.5 Å². The second-order valence-corrected chi connectivity index (χ2v) is 10.8. The zero-order chi connectivity index (χ0) is 31.3. The molecule has 2 aromatic carbocycles. The van der Waals surface area contributed by atoms with Crippen molar-refractivity contribution < 1.29 is 54.0 Å². The predicted octanol–water partition coefficient (Wildman–Crippen LogP) is 3.33. The summed E-state index contributed by atoms with van der Waals surface area (Å²) in [5.74, 6) is 1.00. The van der Waals surface area contributed by atoms with E-state index in [4.69, 9.17) is 28.4 Å². The van der Waals surface area contributed by atoms with Gasteiger partial charge in [-0.1, -0.05) is 17.7 Å². The summed E-state index contributed by atoms with van der Waals surface area (Å²) in [7, 11) is 5.94. The number of benzene rings is 2. The van der Waals surface area contributed by atoms with Crippen molar-refractivity contribution in [1.29, 1.82) is 0 Å². The second kappa shape index (κ2) is 13.9. The van der Waals surface area contributed by atoms with Gasteiger partial charge in [0.25, 0.3) is 0 Å². The fourth-order valence-electron chi connectivity index (χ4n) is 5.75. The van der Waals surface area contributed by atoms with Gasteiger partial charge in [0.1, 0.15) is 23.6 Å². The third kappa shape index (κ3) is 6.41. The minimum atomic E-state index is -1.29. The summed E-state index contributed by atoms with van der Waals surface area (Å²) in [6.07, 6.45) is 0.960. The van der Waals surface area contributed by atoms with Gasteiger partial charge in [-0.15, -0.1) is 0 Å². The third-order valence-electron chi connectivity index (χ3n) is 8.14. The zero-order valence-corrected chi connectivity index (χ0v) is 25.2. The number of allylic oxidation sites excluding steroid dienone is 1. The molecule has 4 rings (SSSR count). The Labute approximate surface area is 251 Å². The first-order valence-corrected chi connectivity index (χ1v) is 14.1. The molecule has 3 unspecified atom stereocenters. The lowest BCUT2D eigenvalue weighted by Gasteiger charge is -2.34. The number of hydrogen-bond donors (Lipinski definition) is 5. The molecular formula is C32H42O11. The molecule has 0 saturated carbocycles. The SMILES string of the molecule is COc1cc(C(O)C(CO)Oc2c(OC)cc([C@@H]3OC4=C(C=C(CCCO)CC4(C)OC)[C@H]3CO)cc2OC)ccc1O. The largest absolute Gasteiger partial charge is 0.504 e. The Morgan fingerprint density at radius 2 is 1.65 bits per heavy atom. The Hall–Kier alpha value is -3.48. The minimum Gasteiger partial charge on any atom is -0.504 e. The van der Waals surface area contributed by atoms with E-state index in [1.54, 1.807) is 19.2 Å². The van der Waals surface area contributed by atoms with Crippen molar-refractivity contribution >= 4 is 0 Å². The molecule has 2 aromatic rings. The van der Waals surface area contributed by atoms with Crippen molar-refractivity contribution in [1.82, 2.24) is 0 Å². The molecule has 236 valence electrons. The summed E-state index contributed by atoms with van der Waals surface area (Å²) in [6.45, 7) is 1.30. The number of hydrogen-bond acceptors (Lipinski definition) is 11. The van der Waals surface area contributed by atoms with E-state index >= 15 is 0 Å². The van der Waals surface area contributed by atoms with Crippen LogP contribution in [0.2, 0.25) is 0 Å². The summed E-state index contributed by atoms with van der Waals surface area (Å²) in [5.41, 5.74) is 2.23. The van der Waals surface area contributed by atoms with Crippen LogP contribution >= 0.6 is 0 Å². The van der Waals surface area contributed by atoms with E-state index in [-0.39, 0.29) is 42.0 Å². The van der Waals surface area contributed by atoms with Crippen molar-refractivity contribution in [2.75, 3.05) is 48.3 Å². The summed E-state index contributed by atoms with van der Waals surface area (Å²) >= 11 is 0.